The predicted molar refractivity (Wildman–Crippen MR) is 130 cm³/mol. The summed E-state index contributed by atoms with van der Waals surface area (Å²) in [5, 5.41) is 11.3. The lowest BCUT2D eigenvalue weighted by Gasteiger charge is -2.36. The molecule has 0 heterocycles. The molecule has 0 radical (unpaired) electrons. The molecule has 188 valence electrons. The number of sulfonamides is 1. The van der Waals surface area contributed by atoms with E-state index in [9.17, 15) is 23.1 Å². The molecule has 12 heteroatoms. The number of methoxy groups -OCH3 is 1. The molecule has 1 N–H and O–H groups in total. The van der Waals surface area contributed by atoms with E-state index in [2.05, 4.69) is 4.72 Å². The number of hydrogen-bond acceptors (Lipinski definition) is 7. The first-order chi connectivity index (χ1) is 15.6. The molecular weight excluding hydrogens is 485 g/mol. The van der Waals surface area contributed by atoms with Crippen molar-refractivity contribution in [2.45, 2.75) is 44.5 Å². The molecule has 0 amide bonds. The third-order valence-corrected chi connectivity index (χ3v) is 8.92. The Morgan fingerprint density at radius 3 is 2.24 bits per heavy atom. The van der Waals surface area contributed by atoms with Gasteiger partial charge in [0.1, 0.15) is 16.0 Å². The summed E-state index contributed by atoms with van der Waals surface area (Å²) in [7, 11) is -1.15. The Morgan fingerprint density at radius 1 is 1.15 bits per heavy atom. The molecule has 2 atom stereocenters. The maximum atomic E-state index is 15.2. The Morgan fingerprint density at radius 2 is 1.74 bits per heavy atom. The molecule has 2 rings (SSSR count). The van der Waals surface area contributed by atoms with E-state index >= 15 is 4.39 Å². The predicted octanol–water partition coefficient (Wildman–Crippen LogP) is 3.47. The van der Waals surface area contributed by atoms with E-state index in [4.69, 9.17) is 4.74 Å². The number of rotatable bonds is 10. The van der Waals surface area contributed by atoms with Crippen molar-refractivity contribution < 1.29 is 27.0 Å². The lowest BCUT2D eigenvalue weighted by molar-refractivity contribution is -0.387. The number of halogens is 1. The van der Waals surface area contributed by atoms with Gasteiger partial charge in [0, 0.05) is 36.6 Å². The molecule has 2 aromatic carbocycles. The number of nitro groups is 1. The van der Waals surface area contributed by atoms with E-state index in [0.29, 0.717) is 11.3 Å². The zero-order chi connectivity index (χ0) is 25.9. The van der Waals surface area contributed by atoms with Gasteiger partial charge in [-0.1, -0.05) is 24.3 Å². The van der Waals surface area contributed by atoms with Gasteiger partial charge in [-0.25, -0.2) is 12.7 Å². The van der Waals surface area contributed by atoms with Crippen LogP contribution in [0.4, 0.5) is 10.1 Å². The lowest BCUT2D eigenvalue weighted by Crippen LogP contribution is -2.54. The van der Waals surface area contributed by atoms with E-state index < -0.39 is 53.9 Å². The molecule has 0 aromatic heterocycles. The van der Waals surface area contributed by atoms with E-state index in [1.165, 1.54) is 33.2 Å². The van der Waals surface area contributed by atoms with Gasteiger partial charge in [-0.2, -0.15) is 4.39 Å². The molecule has 2 aromatic rings. The molecular formula is C22H30FN3O6S2. The average Bonchev–Trinajstić information content (AvgIpc) is 2.72. The second-order valence-corrected chi connectivity index (χ2v) is 13.1. The van der Waals surface area contributed by atoms with Crippen LogP contribution in [0.3, 0.4) is 0 Å². The summed E-state index contributed by atoms with van der Waals surface area (Å²) in [4.78, 5) is 10.4. The van der Waals surface area contributed by atoms with Crippen LogP contribution in [0.25, 0.3) is 0 Å². The van der Waals surface area contributed by atoms with Crippen LogP contribution >= 0.6 is 0 Å². The van der Waals surface area contributed by atoms with Gasteiger partial charge in [-0.05, 0) is 45.4 Å². The third-order valence-electron chi connectivity index (χ3n) is 5.15. The Labute approximate surface area is 202 Å². The Hall–Kier alpha value is -2.25. The monoisotopic (exact) mass is 515 g/mol. The Kier molecular flexibility index (Phi) is 8.70. The van der Waals surface area contributed by atoms with Gasteiger partial charge >= 0.3 is 5.69 Å². The van der Waals surface area contributed by atoms with Crippen molar-refractivity contribution in [3.63, 3.8) is 0 Å². The average molecular weight is 516 g/mol. The van der Waals surface area contributed by atoms with Gasteiger partial charge in [-0.15, -0.1) is 4.72 Å². The largest absolute Gasteiger partial charge is 0.598 e. The van der Waals surface area contributed by atoms with Crippen LogP contribution in [0.5, 0.6) is 5.75 Å². The van der Waals surface area contributed by atoms with E-state index in [-0.39, 0.29) is 12.1 Å². The second-order valence-electron chi connectivity index (χ2n) is 9.07. The van der Waals surface area contributed by atoms with E-state index in [1.54, 1.807) is 45.0 Å². The summed E-state index contributed by atoms with van der Waals surface area (Å²) in [5.74, 6) is -1.25. The van der Waals surface area contributed by atoms with E-state index in [0.717, 1.165) is 10.4 Å². The van der Waals surface area contributed by atoms with Gasteiger partial charge in [0.25, 0.3) is 0 Å². The molecule has 34 heavy (non-hydrogen) atoms. The highest BCUT2D eigenvalue weighted by Gasteiger charge is 2.44. The molecule has 0 aliphatic carbocycles. The molecule has 0 aliphatic heterocycles. The summed E-state index contributed by atoms with van der Waals surface area (Å²) in [5.41, 5.74) is -2.10. The fraction of sp³-hybridized carbons (Fsp3) is 0.455. The maximum absolute atomic E-state index is 15.2. The fourth-order valence-corrected chi connectivity index (χ4v) is 5.68. The minimum atomic E-state index is -4.05. The fourth-order valence-electron chi connectivity index (χ4n) is 3.17. The maximum Gasteiger partial charge on any atom is 0.305 e. The molecule has 0 saturated heterocycles. The number of nitro benzene ring substituents is 1. The first kappa shape index (κ1) is 28.0. The number of hydrogen-bond donors (Lipinski definition) is 1. The highest BCUT2D eigenvalue weighted by molar-refractivity contribution is 7.91. The summed E-state index contributed by atoms with van der Waals surface area (Å²) in [6, 6.07) is 10.4. The molecule has 0 spiro atoms. The highest BCUT2D eigenvalue weighted by Crippen LogP contribution is 2.33. The molecule has 0 fully saturated rings. The quantitative estimate of drug-likeness (QED) is 0.292. The van der Waals surface area contributed by atoms with Gasteiger partial charge in [0.05, 0.1) is 17.8 Å². The van der Waals surface area contributed by atoms with E-state index in [1.807, 2.05) is 0 Å². The van der Waals surface area contributed by atoms with Crippen molar-refractivity contribution in [1.29, 1.82) is 0 Å². The number of nitrogens with zero attached hydrogens (tertiary/aromatic N) is 2. The van der Waals surface area contributed by atoms with Crippen molar-refractivity contribution in [2.75, 3.05) is 19.9 Å². The van der Waals surface area contributed by atoms with Crippen LogP contribution < -0.4 is 9.46 Å². The zero-order valence-corrected chi connectivity index (χ0v) is 21.6. The SMILES string of the molecule is COc1ccc(CN(C)S(=O)(=O)CC(C)(N[S@+]([O-])C(C)(C)C)c2cccc([N+](=O)[O-])c2F)cc1. The van der Waals surface area contributed by atoms with Crippen LogP contribution in [-0.4, -0.2) is 46.9 Å². The summed E-state index contributed by atoms with van der Waals surface area (Å²) >= 11 is -1.81. The smallest absolute Gasteiger partial charge is 0.305 e. The molecule has 0 bridgehead atoms. The summed E-state index contributed by atoms with van der Waals surface area (Å²) in [6.07, 6.45) is 0. The number of benzene rings is 2. The van der Waals surface area contributed by atoms with Gasteiger partial charge < -0.3 is 9.29 Å². The normalized spacial score (nSPS) is 15.1. The molecule has 0 saturated carbocycles. The van der Waals surface area contributed by atoms with Crippen LogP contribution in [0.2, 0.25) is 0 Å². The van der Waals surface area contributed by atoms with Crippen molar-refractivity contribution in [3.05, 3.63) is 69.5 Å². The summed E-state index contributed by atoms with van der Waals surface area (Å²) < 4.78 is 62.8. The van der Waals surface area contributed by atoms with Crippen molar-refractivity contribution >= 4 is 27.1 Å². The number of nitrogens with one attached hydrogen (secondary N) is 1. The lowest BCUT2D eigenvalue weighted by atomic mass is 9.94. The highest BCUT2D eigenvalue weighted by atomic mass is 32.2. The van der Waals surface area contributed by atoms with Gasteiger partial charge in [0.2, 0.25) is 15.8 Å². The van der Waals surface area contributed by atoms with Gasteiger partial charge in [0.15, 0.2) is 0 Å². The Bertz CT molecular complexity index is 1120. The second kappa shape index (κ2) is 10.6. The molecule has 9 nitrogen and oxygen atoms in total. The first-order valence-corrected chi connectivity index (χ1v) is 13.1. The third kappa shape index (κ3) is 6.66. The van der Waals surface area contributed by atoms with Gasteiger partial charge in [-0.3, -0.25) is 10.1 Å². The number of ether oxygens (including phenoxy) is 1. The minimum absolute atomic E-state index is 0.0299. The van der Waals surface area contributed by atoms with Crippen LogP contribution in [0, 0.1) is 15.9 Å². The van der Waals surface area contributed by atoms with Crippen LogP contribution in [0.15, 0.2) is 42.5 Å². The standard InChI is InChI=1S/C22H30FN3O6S2/c1-21(2,3)33(29)24-22(4,18-8-7-9-19(20(18)23)26(27)28)15-34(30,31)25(5)14-16-10-12-17(32-6)13-11-16/h7-13,24H,14-15H2,1-6H3/t22?,33-/m1/s1. The Balaban J connectivity index is 2.46. The summed E-state index contributed by atoms with van der Waals surface area (Å²) in [6.45, 7) is 6.42. The molecule has 0 aliphatic rings. The zero-order valence-electron chi connectivity index (χ0n) is 20.0. The van der Waals surface area contributed by atoms with Crippen LogP contribution in [0.1, 0.15) is 38.8 Å². The van der Waals surface area contributed by atoms with Crippen molar-refractivity contribution in [2.24, 2.45) is 0 Å². The topological polar surface area (TPSA) is 125 Å². The first-order valence-electron chi connectivity index (χ1n) is 10.3. The van der Waals surface area contributed by atoms with Crippen molar-refractivity contribution in [1.82, 2.24) is 9.03 Å². The minimum Gasteiger partial charge on any atom is -0.598 e. The van der Waals surface area contributed by atoms with Crippen LogP contribution in [-0.2, 0) is 33.5 Å². The molecule has 1 unspecified atom stereocenters. The van der Waals surface area contributed by atoms with Crippen molar-refractivity contribution in [3.8, 4) is 5.75 Å².